The van der Waals surface area contributed by atoms with Gasteiger partial charge in [-0.1, -0.05) is 41.9 Å². The van der Waals surface area contributed by atoms with Crippen LogP contribution in [0.1, 0.15) is 23.2 Å². The highest BCUT2D eigenvalue weighted by atomic mass is 35.5. The van der Waals surface area contributed by atoms with Crippen molar-refractivity contribution in [3.8, 4) is 11.8 Å². The molecule has 0 aliphatic carbocycles. The first-order chi connectivity index (χ1) is 19.2. The fourth-order valence-corrected chi connectivity index (χ4v) is 4.63. The summed E-state index contributed by atoms with van der Waals surface area (Å²) in [5.74, 6) is -5.58. The number of hydrogen-bond acceptors (Lipinski definition) is 4. The molecule has 0 spiro atoms. The Bertz CT molecular complexity index is 1440. The van der Waals surface area contributed by atoms with Gasteiger partial charge in [-0.2, -0.15) is 22.8 Å². The molecule has 1 aliphatic rings. The van der Waals surface area contributed by atoms with Crippen molar-refractivity contribution in [1.82, 2.24) is 15.2 Å². The number of likely N-dealkylation sites (tertiary alicyclic amines) is 1. The normalized spacial score (nSPS) is 18.0. The van der Waals surface area contributed by atoms with Gasteiger partial charge in [0.05, 0.1) is 23.3 Å². The number of nitriles is 1. The summed E-state index contributed by atoms with van der Waals surface area (Å²) in [7, 11) is 0. The quantitative estimate of drug-likeness (QED) is 0.298. The van der Waals surface area contributed by atoms with Crippen LogP contribution in [0.15, 0.2) is 66.9 Å². The summed E-state index contributed by atoms with van der Waals surface area (Å²) in [6, 6.07) is 11.9. The summed E-state index contributed by atoms with van der Waals surface area (Å²) in [4.78, 5) is 18.4. The van der Waals surface area contributed by atoms with Crippen molar-refractivity contribution in [1.29, 1.82) is 5.26 Å². The van der Waals surface area contributed by atoms with Gasteiger partial charge in [-0.05, 0) is 35.4 Å². The second kappa shape index (κ2) is 11.4. The van der Waals surface area contributed by atoms with Gasteiger partial charge in [0.15, 0.2) is 0 Å². The third kappa shape index (κ3) is 6.65. The van der Waals surface area contributed by atoms with Crippen LogP contribution < -0.4 is 10.1 Å². The third-order valence-corrected chi connectivity index (χ3v) is 6.57. The first kappa shape index (κ1) is 29.9. The minimum absolute atomic E-state index is 0.0456. The zero-order chi connectivity index (χ0) is 30.0. The van der Waals surface area contributed by atoms with Crippen LogP contribution in [0, 0.1) is 17.1 Å². The van der Waals surface area contributed by atoms with Crippen molar-refractivity contribution < 1.29 is 40.3 Å². The van der Waals surface area contributed by atoms with E-state index in [1.165, 1.54) is 18.3 Å². The average molecular weight is 601 g/mol. The van der Waals surface area contributed by atoms with E-state index in [1.807, 2.05) is 0 Å². The van der Waals surface area contributed by atoms with Crippen molar-refractivity contribution in [2.45, 2.75) is 42.9 Å². The number of rotatable bonds is 8. The summed E-state index contributed by atoms with van der Waals surface area (Å²) in [5, 5.41) is 12.1. The lowest BCUT2D eigenvalue weighted by molar-refractivity contribution is -0.253. The second-order valence-corrected chi connectivity index (χ2v) is 9.77. The topological polar surface area (TPSA) is 78.2 Å². The number of carbonyl (C=O) groups is 1. The van der Waals surface area contributed by atoms with Gasteiger partial charge in [-0.15, -0.1) is 0 Å². The van der Waals surface area contributed by atoms with E-state index in [-0.39, 0.29) is 22.7 Å². The number of carbonyl (C=O) groups excluding carboxylic acids is 1. The molecule has 6 nitrogen and oxygen atoms in total. The molecule has 1 aromatic heterocycles. The lowest BCUT2D eigenvalue weighted by Crippen LogP contribution is -2.54. The molecule has 4 rings (SSSR count). The number of halogens is 8. The van der Waals surface area contributed by atoms with Crippen LogP contribution in [0.2, 0.25) is 5.02 Å². The highest BCUT2D eigenvalue weighted by Gasteiger charge is 2.50. The van der Waals surface area contributed by atoms with Crippen molar-refractivity contribution in [3.05, 3.63) is 94.5 Å². The van der Waals surface area contributed by atoms with Gasteiger partial charge in [0.25, 0.3) is 5.92 Å². The number of amides is 2. The molecule has 0 saturated carbocycles. The predicted molar refractivity (Wildman–Crippen MR) is 132 cm³/mol. The molecule has 3 aromatic rings. The van der Waals surface area contributed by atoms with E-state index in [1.54, 1.807) is 36.4 Å². The summed E-state index contributed by atoms with van der Waals surface area (Å²) < 4.78 is 101. The Balaban J connectivity index is 1.92. The first-order valence-electron chi connectivity index (χ1n) is 11.9. The minimum Gasteiger partial charge on any atom is -0.428 e. The Morgan fingerprint density at radius 1 is 1.20 bits per heavy atom. The fourth-order valence-electron chi connectivity index (χ4n) is 4.52. The van der Waals surface area contributed by atoms with Gasteiger partial charge in [0.2, 0.25) is 0 Å². The van der Waals surface area contributed by atoms with Crippen LogP contribution in [-0.4, -0.2) is 47.0 Å². The van der Waals surface area contributed by atoms with Gasteiger partial charge in [0.1, 0.15) is 23.1 Å². The van der Waals surface area contributed by atoms with Crippen molar-refractivity contribution in [2.75, 3.05) is 6.54 Å². The van der Waals surface area contributed by atoms with Gasteiger partial charge in [0, 0.05) is 25.1 Å². The largest absolute Gasteiger partial charge is 0.461 e. The fraction of sp³-hybridized carbons (Fsp3) is 0.296. The Labute approximate surface area is 234 Å². The summed E-state index contributed by atoms with van der Waals surface area (Å²) in [5.41, 5.74) is -1.86. The standard InChI is InChI=1S/C27H20ClF7N4O2/c28-18-6-7-22(37-14-18)26(11-16-4-2-1-3-5-16,38-24(40)39-15-25(32,33)12-20(39)13-36)17-8-19(29)10-21(9-17)41-27(34,35)23(30)31/h1-10,14,20,23H,11-12,15H2,(H,38,40)/t20-,26+/m1/s1. The van der Waals surface area contributed by atoms with Gasteiger partial charge < -0.3 is 15.0 Å². The number of benzene rings is 2. The molecule has 14 heteroatoms. The minimum atomic E-state index is -4.99. The number of urea groups is 1. The molecule has 2 heterocycles. The maximum Gasteiger partial charge on any atom is 0.461 e. The molecule has 0 unspecified atom stereocenters. The maximum atomic E-state index is 14.9. The maximum absolute atomic E-state index is 14.9. The molecule has 41 heavy (non-hydrogen) atoms. The van der Waals surface area contributed by atoms with E-state index in [2.05, 4.69) is 15.0 Å². The average Bonchev–Trinajstić information content (AvgIpc) is 3.23. The first-order valence-corrected chi connectivity index (χ1v) is 12.3. The number of hydrogen-bond donors (Lipinski definition) is 1. The molecule has 1 aliphatic heterocycles. The number of nitrogens with one attached hydrogen (secondary N) is 1. The molecule has 1 fully saturated rings. The van der Waals surface area contributed by atoms with E-state index in [9.17, 15) is 40.8 Å². The van der Waals surface area contributed by atoms with E-state index >= 15 is 0 Å². The van der Waals surface area contributed by atoms with E-state index in [4.69, 9.17) is 11.6 Å². The number of nitrogens with zero attached hydrogens (tertiary/aromatic N) is 3. The molecule has 2 aromatic carbocycles. The number of alkyl halides is 6. The molecule has 1 N–H and O–H groups in total. The van der Waals surface area contributed by atoms with Gasteiger partial charge in [-0.25, -0.2) is 18.0 Å². The van der Waals surface area contributed by atoms with Crippen LogP contribution in [0.3, 0.4) is 0 Å². The Morgan fingerprint density at radius 3 is 2.51 bits per heavy atom. The lowest BCUT2D eigenvalue weighted by Gasteiger charge is -2.37. The lowest BCUT2D eigenvalue weighted by atomic mass is 9.80. The molecule has 2 atom stereocenters. The van der Waals surface area contributed by atoms with E-state index in [0.717, 1.165) is 12.1 Å². The van der Waals surface area contributed by atoms with Crippen LogP contribution >= 0.6 is 11.6 Å². The van der Waals surface area contributed by atoms with Crippen molar-refractivity contribution in [3.63, 3.8) is 0 Å². The van der Waals surface area contributed by atoms with Crippen molar-refractivity contribution >= 4 is 17.6 Å². The molecule has 1 saturated heterocycles. The summed E-state index contributed by atoms with van der Waals surface area (Å²) >= 11 is 5.99. The van der Waals surface area contributed by atoms with Crippen LogP contribution in [0.4, 0.5) is 35.5 Å². The molecular weight excluding hydrogens is 581 g/mol. The second-order valence-electron chi connectivity index (χ2n) is 9.33. The Kier molecular flexibility index (Phi) is 8.35. The third-order valence-electron chi connectivity index (χ3n) is 6.35. The predicted octanol–water partition coefficient (Wildman–Crippen LogP) is 6.54. The number of ether oxygens (including phenoxy) is 1. The summed E-state index contributed by atoms with van der Waals surface area (Å²) in [6.07, 6.45) is -9.25. The Hall–Kier alpha value is -4.05. The van der Waals surface area contributed by atoms with Crippen molar-refractivity contribution in [2.24, 2.45) is 0 Å². The van der Waals surface area contributed by atoms with Gasteiger partial charge >= 0.3 is 18.6 Å². The SMILES string of the molecule is N#C[C@H]1CC(F)(F)CN1C(=O)N[C@@](Cc1ccccc1)(c1cc(F)cc(OC(F)(F)C(F)F)c1)c1ccc(Cl)cn1. The van der Waals surface area contributed by atoms with Gasteiger partial charge in [-0.3, -0.25) is 4.98 Å². The number of aromatic nitrogens is 1. The molecule has 2 amide bonds. The van der Waals surface area contributed by atoms with E-state index in [0.29, 0.717) is 16.5 Å². The monoisotopic (exact) mass is 600 g/mol. The van der Waals surface area contributed by atoms with E-state index < -0.39 is 60.6 Å². The number of pyridine rings is 1. The highest BCUT2D eigenvalue weighted by molar-refractivity contribution is 6.30. The zero-order valence-electron chi connectivity index (χ0n) is 20.8. The van der Waals surface area contributed by atoms with Crippen LogP contribution in [-0.2, 0) is 12.0 Å². The smallest absolute Gasteiger partial charge is 0.428 e. The molecule has 0 bridgehead atoms. The summed E-state index contributed by atoms with van der Waals surface area (Å²) in [6.45, 7) is -1.11. The van der Waals surface area contributed by atoms with Crippen LogP contribution in [0.25, 0.3) is 0 Å². The molecular formula is C27H20ClF7N4O2. The molecule has 216 valence electrons. The zero-order valence-corrected chi connectivity index (χ0v) is 21.6. The highest BCUT2D eigenvalue weighted by Crippen LogP contribution is 2.39. The Morgan fingerprint density at radius 2 is 1.90 bits per heavy atom. The molecule has 0 radical (unpaired) electrons. The van der Waals surface area contributed by atoms with Crippen LogP contribution in [0.5, 0.6) is 5.75 Å².